The molecule has 5 heteroatoms. The molecule has 0 unspecified atom stereocenters. The summed E-state index contributed by atoms with van der Waals surface area (Å²) in [5.41, 5.74) is 7.86. The van der Waals surface area contributed by atoms with Crippen LogP contribution in [0.25, 0.3) is 0 Å². The Labute approximate surface area is 107 Å². The van der Waals surface area contributed by atoms with Crippen LogP contribution in [0.4, 0.5) is 10.5 Å². The van der Waals surface area contributed by atoms with Crippen molar-refractivity contribution < 1.29 is 4.79 Å². The second-order valence-corrected chi connectivity index (χ2v) is 4.58. The third-order valence-electron chi connectivity index (χ3n) is 3.67. The van der Waals surface area contributed by atoms with Crippen LogP contribution in [0.3, 0.4) is 0 Å². The van der Waals surface area contributed by atoms with E-state index in [1.807, 2.05) is 6.07 Å². The molecule has 0 aromatic heterocycles. The summed E-state index contributed by atoms with van der Waals surface area (Å²) in [5.74, 6) is 0.951. The summed E-state index contributed by atoms with van der Waals surface area (Å²) in [6.07, 6.45) is 0. The lowest BCUT2D eigenvalue weighted by Crippen LogP contribution is -2.34. The largest absolute Gasteiger partial charge is 0.384 e. The Balaban J connectivity index is 0.00000108. The van der Waals surface area contributed by atoms with Gasteiger partial charge in [-0.05, 0) is 11.6 Å². The van der Waals surface area contributed by atoms with Gasteiger partial charge in [0.2, 0.25) is 0 Å². The summed E-state index contributed by atoms with van der Waals surface area (Å²) in [6.45, 7) is 2.48. The quantitative estimate of drug-likeness (QED) is 0.738. The summed E-state index contributed by atoms with van der Waals surface area (Å²) in [7, 11) is 0. The molecule has 3 rings (SSSR count). The lowest BCUT2D eigenvalue weighted by molar-refractivity contribution is 0.217. The zero-order chi connectivity index (χ0) is 11.1. The van der Waals surface area contributed by atoms with Crippen molar-refractivity contribution in [1.29, 1.82) is 0 Å². The summed E-state index contributed by atoms with van der Waals surface area (Å²) in [5, 5.41) is 3.41. The monoisotopic (exact) mass is 253 g/mol. The van der Waals surface area contributed by atoms with Gasteiger partial charge in [0, 0.05) is 37.2 Å². The third-order valence-corrected chi connectivity index (χ3v) is 3.67. The maximum absolute atomic E-state index is 11.2. The van der Waals surface area contributed by atoms with Crippen molar-refractivity contribution in [3.63, 3.8) is 0 Å². The molecule has 17 heavy (non-hydrogen) atoms. The number of anilines is 1. The second kappa shape index (κ2) is 4.45. The van der Waals surface area contributed by atoms with Crippen molar-refractivity contribution in [2.45, 2.75) is 5.92 Å². The summed E-state index contributed by atoms with van der Waals surface area (Å²) in [4.78, 5) is 12.9. The van der Waals surface area contributed by atoms with Gasteiger partial charge in [-0.2, -0.15) is 0 Å². The van der Waals surface area contributed by atoms with Crippen LogP contribution in [0.1, 0.15) is 11.5 Å². The van der Waals surface area contributed by atoms with Gasteiger partial charge in [0.05, 0.1) is 0 Å². The van der Waals surface area contributed by atoms with Gasteiger partial charge in [-0.3, -0.25) is 0 Å². The molecular weight excluding hydrogens is 238 g/mol. The van der Waals surface area contributed by atoms with Crippen LogP contribution in [-0.4, -0.2) is 30.6 Å². The number of benzene rings is 1. The molecule has 4 nitrogen and oxygen atoms in total. The number of urea groups is 1. The number of rotatable bonds is 0. The van der Waals surface area contributed by atoms with E-state index in [1.165, 1.54) is 11.3 Å². The van der Waals surface area contributed by atoms with Crippen LogP contribution < -0.4 is 11.1 Å². The highest BCUT2D eigenvalue weighted by Crippen LogP contribution is 2.39. The molecule has 0 aliphatic carbocycles. The molecule has 3 N–H and O–H groups in total. The SMILES string of the molecule is Cl.NC(=O)N1C[C@@H]2CNc3ccccc3[C@H]2C1. The Hall–Kier alpha value is -1.42. The molecule has 1 aromatic rings. The number of carbonyl (C=O) groups excluding carboxylic acids is 1. The number of fused-ring (bicyclic) bond motifs is 3. The zero-order valence-corrected chi connectivity index (χ0v) is 10.2. The lowest BCUT2D eigenvalue weighted by atomic mass is 9.85. The number of likely N-dealkylation sites (tertiary alicyclic amines) is 1. The number of nitrogens with zero attached hydrogens (tertiary/aromatic N) is 1. The van der Waals surface area contributed by atoms with Crippen molar-refractivity contribution in [1.82, 2.24) is 4.90 Å². The molecule has 1 saturated heterocycles. The summed E-state index contributed by atoms with van der Waals surface area (Å²) < 4.78 is 0. The van der Waals surface area contributed by atoms with Gasteiger partial charge in [-0.1, -0.05) is 18.2 Å². The maximum Gasteiger partial charge on any atom is 0.314 e. The van der Waals surface area contributed by atoms with Crippen molar-refractivity contribution >= 4 is 24.1 Å². The van der Waals surface area contributed by atoms with Crippen LogP contribution in [0.15, 0.2) is 24.3 Å². The minimum Gasteiger partial charge on any atom is -0.384 e. The van der Waals surface area contributed by atoms with Crippen molar-refractivity contribution in [2.75, 3.05) is 25.0 Å². The minimum absolute atomic E-state index is 0. The van der Waals surface area contributed by atoms with Gasteiger partial charge in [-0.25, -0.2) is 4.79 Å². The van der Waals surface area contributed by atoms with Gasteiger partial charge >= 0.3 is 6.03 Å². The van der Waals surface area contributed by atoms with Crippen molar-refractivity contribution in [3.05, 3.63) is 29.8 Å². The van der Waals surface area contributed by atoms with Crippen LogP contribution in [-0.2, 0) is 0 Å². The van der Waals surface area contributed by atoms with E-state index >= 15 is 0 Å². The number of carbonyl (C=O) groups is 1. The smallest absolute Gasteiger partial charge is 0.314 e. The zero-order valence-electron chi connectivity index (χ0n) is 9.43. The normalized spacial score (nSPS) is 25.3. The van der Waals surface area contributed by atoms with E-state index in [-0.39, 0.29) is 18.4 Å². The molecule has 0 saturated carbocycles. The molecule has 0 spiro atoms. The third kappa shape index (κ3) is 1.93. The Kier molecular flexibility index (Phi) is 3.15. The highest BCUT2D eigenvalue weighted by molar-refractivity contribution is 5.85. The van der Waals surface area contributed by atoms with Crippen LogP contribution in [0.5, 0.6) is 0 Å². The lowest BCUT2D eigenvalue weighted by Gasteiger charge is -2.28. The first-order chi connectivity index (χ1) is 7.75. The molecular formula is C12H16ClN3O. The van der Waals surface area contributed by atoms with Crippen LogP contribution in [0.2, 0.25) is 0 Å². The molecule has 1 fully saturated rings. The van der Waals surface area contributed by atoms with E-state index < -0.39 is 0 Å². The summed E-state index contributed by atoms with van der Waals surface area (Å²) in [6, 6.07) is 8.03. The molecule has 92 valence electrons. The van der Waals surface area contributed by atoms with Crippen LogP contribution in [0, 0.1) is 5.92 Å². The average Bonchev–Trinajstić information content (AvgIpc) is 2.73. The molecule has 2 aliphatic rings. The van der Waals surface area contributed by atoms with Gasteiger partial charge in [0.1, 0.15) is 0 Å². The number of para-hydroxylation sites is 1. The number of hydrogen-bond acceptors (Lipinski definition) is 2. The van der Waals surface area contributed by atoms with Gasteiger partial charge < -0.3 is 16.0 Å². The number of primary amides is 1. The predicted octanol–water partition coefficient (Wildman–Crippen LogP) is 1.63. The first-order valence-electron chi connectivity index (χ1n) is 5.63. The molecule has 2 aliphatic heterocycles. The Bertz CT molecular complexity index is 438. The molecule has 0 bridgehead atoms. The molecule has 2 atom stereocenters. The van der Waals surface area contributed by atoms with Gasteiger partial charge in [0.25, 0.3) is 0 Å². The van der Waals surface area contributed by atoms with E-state index in [2.05, 4.69) is 23.5 Å². The van der Waals surface area contributed by atoms with E-state index in [0.29, 0.717) is 11.8 Å². The Morgan fingerprint density at radius 1 is 1.35 bits per heavy atom. The highest BCUT2D eigenvalue weighted by atomic mass is 35.5. The van der Waals surface area contributed by atoms with Gasteiger partial charge in [0.15, 0.2) is 0 Å². The number of hydrogen-bond donors (Lipinski definition) is 2. The van der Waals surface area contributed by atoms with E-state index in [9.17, 15) is 4.79 Å². The highest BCUT2D eigenvalue weighted by Gasteiger charge is 2.38. The van der Waals surface area contributed by atoms with E-state index in [4.69, 9.17) is 5.73 Å². The first-order valence-corrected chi connectivity index (χ1v) is 5.63. The molecule has 1 aromatic carbocycles. The fraction of sp³-hybridized carbons (Fsp3) is 0.417. The van der Waals surface area contributed by atoms with E-state index in [0.717, 1.165) is 19.6 Å². The standard InChI is InChI=1S/C12H15N3O.ClH/c13-12(16)15-6-8-5-14-11-4-2-1-3-9(11)10(8)7-15;/h1-4,8,10,14H,5-7H2,(H2,13,16);1H/t8-,10-;/m0./s1. The Morgan fingerprint density at radius 3 is 2.88 bits per heavy atom. The predicted molar refractivity (Wildman–Crippen MR) is 69.6 cm³/mol. The topological polar surface area (TPSA) is 58.4 Å². The first kappa shape index (κ1) is 12.0. The fourth-order valence-corrected chi connectivity index (χ4v) is 2.83. The summed E-state index contributed by atoms with van der Waals surface area (Å²) >= 11 is 0. The number of amides is 2. The number of nitrogens with two attached hydrogens (primary N) is 1. The van der Waals surface area contributed by atoms with Crippen molar-refractivity contribution in [2.24, 2.45) is 11.7 Å². The van der Waals surface area contributed by atoms with E-state index in [1.54, 1.807) is 4.90 Å². The molecule has 2 amide bonds. The number of nitrogens with one attached hydrogen (secondary N) is 1. The van der Waals surface area contributed by atoms with Crippen LogP contribution >= 0.6 is 12.4 Å². The maximum atomic E-state index is 11.2. The average molecular weight is 254 g/mol. The van der Waals surface area contributed by atoms with Gasteiger partial charge in [-0.15, -0.1) is 12.4 Å². The molecule has 0 radical (unpaired) electrons. The minimum atomic E-state index is -0.299. The Morgan fingerprint density at radius 2 is 2.12 bits per heavy atom. The molecule has 2 heterocycles. The van der Waals surface area contributed by atoms with Crippen molar-refractivity contribution in [3.8, 4) is 0 Å². The number of halogens is 1. The fourth-order valence-electron chi connectivity index (χ4n) is 2.83. The second-order valence-electron chi connectivity index (χ2n) is 4.58.